The molecule has 1 saturated heterocycles. The molecule has 1 aromatic rings. The molecule has 1 atom stereocenters. The molecule has 20 heavy (non-hydrogen) atoms. The minimum absolute atomic E-state index is 0.411. The van der Waals surface area contributed by atoms with Gasteiger partial charge in [0, 0.05) is 32.4 Å². The van der Waals surface area contributed by atoms with Gasteiger partial charge in [-0.25, -0.2) is 0 Å². The summed E-state index contributed by atoms with van der Waals surface area (Å²) in [4.78, 5) is 2.32. The fourth-order valence-corrected chi connectivity index (χ4v) is 2.45. The monoisotopic (exact) mass is 281 g/mol. The maximum absolute atomic E-state index is 5.76. The van der Waals surface area contributed by atoms with Crippen molar-refractivity contribution in [1.82, 2.24) is 25.2 Å². The van der Waals surface area contributed by atoms with Gasteiger partial charge >= 0.3 is 0 Å². The molecular formula is C14H27N5O. The Hall–Kier alpha value is -0.980. The van der Waals surface area contributed by atoms with Crippen molar-refractivity contribution in [1.29, 1.82) is 0 Å². The highest BCUT2D eigenvalue weighted by Crippen LogP contribution is 2.13. The molecule has 0 spiro atoms. The van der Waals surface area contributed by atoms with Gasteiger partial charge in [0.1, 0.15) is 0 Å². The van der Waals surface area contributed by atoms with E-state index < -0.39 is 0 Å². The summed E-state index contributed by atoms with van der Waals surface area (Å²) in [6.07, 6.45) is 6.14. The second kappa shape index (κ2) is 8.34. The molecule has 6 nitrogen and oxygen atoms in total. The molecule has 0 aliphatic carbocycles. The van der Waals surface area contributed by atoms with Gasteiger partial charge in [0.05, 0.1) is 18.3 Å². The normalized spacial score (nSPS) is 19.6. The Labute approximate surface area is 121 Å². The summed E-state index contributed by atoms with van der Waals surface area (Å²) in [6.45, 7) is 7.63. The Kier molecular flexibility index (Phi) is 6.42. The van der Waals surface area contributed by atoms with Crippen molar-refractivity contribution >= 4 is 0 Å². The van der Waals surface area contributed by atoms with Crippen LogP contribution in [0, 0.1) is 0 Å². The highest BCUT2D eigenvalue weighted by Gasteiger charge is 2.15. The molecule has 6 heteroatoms. The number of ether oxygens (including phenoxy) is 1. The van der Waals surface area contributed by atoms with Crippen LogP contribution < -0.4 is 5.32 Å². The van der Waals surface area contributed by atoms with Crippen LogP contribution >= 0.6 is 0 Å². The van der Waals surface area contributed by atoms with Gasteiger partial charge in [0.25, 0.3) is 0 Å². The van der Waals surface area contributed by atoms with Crippen molar-refractivity contribution in [3.05, 3.63) is 11.9 Å². The molecule has 1 aliphatic rings. The number of nitrogens with one attached hydrogen (secondary N) is 1. The average molecular weight is 281 g/mol. The van der Waals surface area contributed by atoms with Crippen LogP contribution in [0.2, 0.25) is 0 Å². The van der Waals surface area contributed by atoms with E-state index in [1.165, 1.54) is 19.3 Å². The van der Waals surface area contributed by atoms with E-state index in [4.69, 9.17) is 4.74 Å². The van der Waals surface area contributed by atoms with Crippen LogP contribution in [0.4, 0.5) is 0 Å². The van der Waals surface area contributed by atoms with E-state index in [9.17, 15) is 0 Å². The van der Waals surface area contributed by atoms with Crippen LogP contribution in [0.15, 0.2) is 6.20 Å². The Balaban J connectivity index is 1.66. The predicted octanol–water partition coefficient (Wildman–Crippen LogP) is 0.889. The maximum atomic E-state index is 5.76. The number of hydrogen-bond donors (Lipinski definition) is 1. The number of likely N-dealkylation sites (N-methyl/N-ethyl adjacent to an activating group) is 1. The molecule has 1 N–H and O–H groups in total. The van der Waals surface area contributed by atoms with E-state index in [0.29, 0.717) is 6.10 Å². The Morgan fingerprint density at radius 3 is 3.15 bits per heavy atom. The van der Waals surface area contributed by atoms with Crippen molar-refractivity contribution in [3.63, 3.8) is 0 Å². The number of nitrogens with zero attached hydrogens (tertiary/aromatic N) is 4. The molecule has 1 fully saturated rings. The van der Waals surface area contributed by atoms with Gasteiger partial charge in [-0.1, -0.05) is 12.1 Å². The molecule has 2 heterocycles. The second-order valence-corrected chi connectivity index (χ2v) is 5.50. The smallest absolute Gasteiger partial charge is 0.0964 e. The molecular weight excluding hydrogens is 254 g/mol. The lowest BCUT2D eigenvalue weighted by Crippen LogP contribution is -2.35. The summed E-state index contributed by atoms with van der Waals surface area (Å²) < 4.78 is 7.69. The SMILES string of the molecule is CCNCc1cn(CCN(C)CC2CCCCO2)nn1. The van der Waals surface area contributed by atoms with Crippen LogP contribution in [0.5, 0.6) is 0 Å². The highest BCUT2D eigenvalue weighted by molar-refractivity contribution is 4.91. The molecule has 2 rings (SSSR count). The minimum atomic E-state index is 0.411. The van der Waals surface area contributed by atoms with Crippen molar-refractivity contribution in [3.8, 4) is 0 Å². The Morgan fingerprint density at radius 2 is 2.40 bits per heavy atom. The third-order valence-electron chi connectivity index (χ3n) is 3.64. The quantitative estimate of drug-likeness (QED) is 0.767. The van der Waals surface area contributed by atoms with Crippen molar-refractivity contribution in [2.24, 2.45) is 0 Å². The minimum Gasteiger partial charge on any atom is -0.377 e. The summed E-state index contributed by atoms with van der Waals surface area (Å²) in [7, 11) is 2.15. The van der Waals surface area contributed by atoms with Gasteiger partial charge in [0.2, 0.25) is 0 Å². The van der Waals surface area contributed by atoms with E-state index in [1.54, 1.807) is 0 Å². The van der Waals surface area contributed by atoms with Gasteiger partial charge < -0.3 is 15.0 Å². The van der Waals surface area contributed by atoms with Gasteiger partial charge in [-0.2, -0.15) is 0 Å². The van der Waals surface area contributed by atoms with E-state index in [2.05, 4.69) is 34.5 Å². The molecule has 1 unspecified atom stereocenters. The zero-order valence-electron chi connectivity index (χ0n) is 12.7. The van der Waals surface area contributed by atoms with E-state index >= 15 is 0 Å². The first-order valence-corrected chi connectivity index (χ1v) is 7.68. The molecule has 114 valence electrons. The van der Waals surface area contributed by atoms with Gasteiger partial charge in [-0.15, -0.1) is 5.10 Å². The lowest BCUT2D eigenvalue weighted by molar-refractivity contribution is -0.00194. The number of aromatic nitrogens is 3. The highest BCUT2D eigenvalue weighted by atomic mass is 16.5. The van der Waals surface area contributed by atoms with Crippen LogP contribution in [0.1, 0.15) is 31.9 Å². The molecule has 0 bridgehead atoms. The van der Waals surface area contributed by atoms with Gasteiger partial charge in [-0.3, -0.25) is 4.68 Å². The first kappa shape index (κ1) is 15.4. The third kappa shape index (κ3) is 5.19. The van der Waals surface area contributed by atoms with Gasteiger partial charge in [0.15, 0.2) is 0 Å². The topological polar surface area (TPSA) is 55.2 Å². The van der Waals surface area contributed by atoms with Crippen LogP contribution in [-0.4, -0.2) is 59.3 Å². The fourth-order valence-electron chi connectivity index (χ4n) is 2.45. The summed E-state index contributed by atoms with van der Waals surface area (Å²) in [5.41, 5.74) is 1.00. The zero-order valence-corrected chi connectivity index (χ0v) is 12.7. The Bertz CT molecular complexity index is 375. The standard InChI is InChI=1S/C14H27N5O/c1-3-15-10-13-11-19(17-16-13)8-7-18(2)12-14-6-4-5-9-20-14/h11,14-15H,3-10,12H2,1-2H3. The van der Waals surface area contributed by atoms with Crippen molar-refractivity contribution in [2.45, 2.75) is 45.4 Å². The molecule has 0 amide bonds. The first-order valence-electron chi connectivity index (χ1n) is 7.68. The summed E-state index contributed by atoms with van der Waals surface area (Å²) >= 11 is 0. The van der Waals surface area contributed by atoms with Crippen molar-refractivity contribution < 1.29 is 4.74 Å². The van der Waals surface area contributed by atoms with E-state index in [-0.39, 0.29) is 0 Å². The summed E-state index contributed by atoms with van der Waals surface area (Å²) in [5, 5.41) is 11.6. The van der Waals surface area contributed by atoms with Crippen LogP contribution in [-0.2, 0) is 17.8 Å². The summed E-state index contributed by atoms with van der Waals surface area (Å²) in [6, 6.07) is 0. The third-order valence-corrected chi connectivity index (χ3v) is 3.64. The molecule has 0 aromatic carbocycles. The molecule has 1 aromatic heterocycles. The summed E-state index contributed by atoms with van der Waals surface area (Å²) in [5.74, 6) is 0. The average Bonchev–Trinajstić information content (AvgIpc) is 2.92. The molecule has 0 radical (unpaired) electrons. The lowest BCUT2D eigenvalue weighted by atomic mass is 10.1. The predicted molar refractivity (Wildman–Crippen MR) is 78.5 cm³/mol. The van der Waals surface area contributed by atoms with E-state index in [1.807, 2.05) is 10.9 Å². The Morgan fingerprint density at radius 1 is 1.50 bits per heavy atom. The van der Waals surface area contributed by atoms with Crippen LogP contribution in [0.3, 0.4) is 0 Å². The second-order valence-electron chi connectivity index (χ2n) is 5.50. The number of rotatable bonds is 8. The van der Waals surface area contributed by atoms with Crippen molar-refractivity contribution in [2.75, 3.05) is 33.3 Å². The lowest BCUT2D eigenvalue weighted by Gasteiger charge is -2.27. The fraction of sp³-hybridized carbons (Fsp3) is 0.857. The number of hydrogen-bond acceptors (Lipinski definition) is 5. The van der Waals surface area contributed by atoms with Gasteiger partial charge in [-0.05, 0) is 32.9 Å². The molecule has 0 saturated carbocycles. The van der Waals surface area contributed by atoms with Crippen LogP contribution in [0.25, 0.3) is 0 Å². The first-order chi connectivity index (χ1) is 9.78. The van der Waals surface area contributed by atoms with E-state index in [0.717, 1.165) is 45.0 Å². The zero-order chi connectivity index (χ0) is 14.2. The molecule has 1 aliphatic heterocycles. The maximum Gasteiger partial charge on any atom is 0.0964 e. The largest absolute Gasteiger partial charge is 0.377 e.